The quantitative estimate of drug-likeness (QED) is 0.905. The van der Waals surface area contributed by atoms with Crippen molar-refractivity contribution < 1.29 is 4.74 Å². The molecule has 2 N–H and O–H groups in total. The molecular weight excluding hydrogens is 246 g/mol. The van der Waals surface area contributed by atoms with E-state index in [1.165, 1.54) is 25.7 Å². The number of rotatable bonds is 4. The molecule has 3 heteroatoms. The molecule has 2 fully saturated rings. The van der Waals surface area contributed by atoms with Gasteiger partial charge in [-0.25, -0.2) is 0 Å². The smallest absolute Gasteiger partial charge is 0.119 e. The normalized spacial score (nSPS) is 31.6. The number of fused-ring (bicyclic) bond motifs is 2. The Morgan fingerprint density at radius 3 is 2.61 bits per heavy atom. The van der Waals surface area contributed by atoms with Gasteiger partial charge in [-0.1, -0.05) is 18.0 Å². The second kappa shape index (κ2) is 5.10. The van der Waals surface area contributed by atoms with Crippen molar-refractivity contribution in [2.24, 2.45) is 23.5 Å². The lowest BCUT2D eigenvalue weighted by atomic mass is 9.84. The van der Waals surface area contributed by atoms with Crippen molar-refractivity contribution in [2.75, 3.05) is 6.61 Å². The summed E-state index contributed by atoms with van der Waals surface area (Å²) in [5, 5.41) is 0.736. The minimum Gasteiger partial charge on any atom is -0.492 e. The molecule has 18 heavy (non-hydrogen) atoms. The summed E-state index contributed by atoms with van der Waals surface area (Å²) in [6.07, 6.45) is 5.52. The van der Waals surface area contributed by atoms with Gasteiger partial charge in [-0.3, -0.25) is 0 Å². The fourth-order valence-corrected chi connectivity index (χ4v) is 3.79. The molecule has 0 spiro atoms. The third kappa shape index (κ3) is 2.50. The van der Waals surface area contributed by atoms with Crippen LogP contribution in [0, 0.1) is 17.8 Å². The van der Waals surface area contributed by atoms with Gasteiger partial charge in [0.05, 0.1) is 0 Å². The van der Waals surface area contributed by atoms with Crippen molar-refractivity contribution in [3.05, 3.63) is 29.3 Å². The monoisotopic (exact) mass is 265 g/mol. The van der Waals surface area contributed by atoms with Gasteiger partial charge in [-0.15, -0.1) is 0 Å². The first kappa shape index (κ1) is 12.3. The molecule has 2 nitrogen and oxygen atoms in total. The number of nitrogens with two attached hydrogens (primary N) is 1. The lowest BCUT2D eigenvalue weighted by Crippen LogP contribution is -2.38. The van der Waals surface area contributed by atoms with Gasteiger partial charge in [-0.05, 0) is 61.3 Å². The van der Waals surface area contributed by atoms with E-state index in [-0.39, 0.29) is 6.04 Å². The molecule has 0 heterocycles. The molecule has 0 radical (unpaired) electrons. The van der Waals surface area contributed by atoms with E-state index in [0.29, 0.717) is 12.5 Å². The van der Waals surface area contributed by atoms with E-state index in [9.17, 15) is 0 Å². The predicted molar refractivity (Wildman–Crippen MR) is 73.9 cm³/mol. The van der Waals surface area contributed by atoms with Gasteiger partial charge in [0, 0.05) is 11.1 Å². The molecule has 0 saturated heterocycles. The Hall–Kier alpha value is -0.730. The van der Waals surface area contributed by atoms with Crippen LogP contribution in [0.15, 0.2) is 24.3 Å². The Morgan fingerprint density at radius 2 is 2.00 bits per heavy atom. The Bertz CT molecular complexity index is 405. The third-order valence-electron chi connectivity index (χ3n) is 4.60. The zero-order chi connectivity index (χ0) is 12.5. The van der Waals surface area contributed by atoms with E-state index < -0.39 is 0 Å². The van der Waals surface area contributed by atoms with Crippen molar-refractivity contribution in [3.63, 3.8) is 0 Å². The summed E-state index contributed by atoms with van der Waals surface area (Å²) in [7, 11) is 0. The average Bonchev–Trinajstić information content (AvgIpc) is 3.00. The zero-order valence-corrected chi connectivity index (χ0v) is 11.3. The fourth-order valence-electron chi connectivity index (χ4n) is 3.67. The molecule has 0 aliphatic heterocycles. The first-order chi connectivity index (χ1) is 8.72. The van der Waals surface area contributed by atoms with E-state index in [0.717, 1.165) is 22.6 Å². The maximum absolute atomic E-state index is 6.29. The third-order valence-corrected chi connectivity index (χ3v) is 4.85. The summed E-state index contributed by atoms with van der Waals surface area (Å²) in [6, 6.07) is 7.67. The number of benzene rings is 1. The second-order valence-electron chi connectivity index (χ2n) is 5.77. The predicted octanol–water partition coefficient (Wildman–Crippen LogP) is 3.48. The Balaban J connectivity index is 1.52. The summed E-state index contributed by atoms with van der Waals surface area (Å²) < 4.78 is 5.76. The maximum Gasteiger partial charge on any atom is 0.119 e. The highest BCUT2D eigenvalue weighted by atomic mass is 35.5. The number of ether oxygens (including phenoxy) is 1. The summed E-state index contributed by atoms with van der Waals surface area (Å²) in [5.74, 6) is 3.34. The molecule has 1 aromatic carbocycles. The van der Waals surface area contributed by atoms with Gasteiger partial charge in [-0.2, -0.15) is 0 Å². The average molecular weight is 266 g/mol. The number of hydrogen-bond acceptors (Lipinski definition) is 2. The summed E-state index contributed by atoms with van der Waals surface area (Å²) in [4.78, 5) is 0. The van der Waals surface area contributed by atoms with Gasteiger partial charge in [0.2, 0.25) is 0 Å². The van der Waals surface area contributed by atoms with E-state index in [4.69, 9.17) is 22.1 Å². The highest BCUT2D eigenvalue weighted by Crippen LogP contribution is 2.49. The molecule has 2 bridgehead atoms. The summed E-state index contributed by atoms with van der Waals surface area (Å²) >= 11 is 5.84. The SMILES string of the molecule is NC(COc1ccc(Cl)cc1)C1CC2CCC1C2. The molecule has 4 atom stereocenters. The molecular formula is C15H20ClNO. The first-order valence-corrected chi connectivity index (χ1v) is 7.24. The van der Waals surface area contributed by atoms with Crippen LogP contribution < -0.4 is 10.5 Å². The van der Waals surface area contributed by atoms with Gasteiger partial charge in [0.1, 0.15) is 12.4 Å². The van der Waals surface area contributed by atoms with Crippen LogP contribution in [0.3, 0.4) is 0 Å². The van der Waals surface area contributed by atoms with Crippen LogP contribution in [0.5, 0.6) is 5.75 Å². The summed E-state index contributed by atoms with van der Waals surface area (Å²) in [6.45, 7) is 0.621. The van der Waals surface area contributed by atoms with Crippen LogP contribution in [0.4, 0.5) is 0 Å². The lowest BCUT2D eigenvalue weighted by Gasteiger charge is -2.27. The molecule has 2 aliphatic rings. The van der Waals surface area contributed by atoms with Crippen LogP contribution >= 0.6 is 11.6 Å². The first-order valence-electron chi connectivity index (χ1n) is 6.86. The Kier molecular flexibility index (Phi) is 3.49. The van der Waals surface area contributed by atoms with Crippen molar-refractivity contribution in [1.29, 1.82) is 0 Å². The van der Waals surface area contributed by atoms with E-state index in [2.05, 4.69) is 0 Å². The van der Waals surface area contributed by atoms with E-state index >= 15 is 0 Å². The van der Waals surface area contributed by atoms with E-state index in [1.54, 1.807) is 0 Å². The van der Waals surface area contributed by atoms with Crippen LogP contribution in [-0.4, -0.2) is 12.6 Å². The fraction of sp³-hybridized carbons (Fsp3) is 0.600. The highest BCUT2D eigenvalue weighted by Gasteiger charge is 2.42. The molecule has 2 saturated carbocycles. The molecule has 3 rings (SSSR count). The lowest BCUT2D eigenvalue weighted by molar-refractivity contribution is 0.202. The number of hydrogen-bond donors (Lipinski definition) is 1. The minimum atomic E-state index is 0.177. The number of halogens is 1. The molecule has 4 unspecified atom stereocenters. The second-order valence-corrected chi connectivity index (χ2v) is 6.20. The summed E-state index contributed by atoms with van der Waals surface area (Å²) in [5.41, 5.74) is 6.29. The minimum absolute atomic E-state index is 0.177. The van der Waals surface area contributed by atoms with Crippen LogP contribution in [0.1, 0.15) is 25.7 Å². The van der Waals surface area contributed by atoms with Gasteiger partial charge >= 0.3 is 0 Å². The van der Waals surface area contributed by atoms with E-state index in [1.807, 2.05) is 24.3 Å². The van der Waals surface area contributed by atoms with Crippen LogP contribution in [0.2, 0.25) is 5.02 Å². The molecule has 98 valence electrons. The van der Waals surface area contributed by atoms with Crippen molar-refractivity contribution in [1.82, 2.24) is 0 Å². The van der Waals surface area contributed by atoms with Gasteiger partial charge in [0.15, 0.2) is 0 Å². The van der Waals surface area contributed by atoms with Crippen LogP contribution in [-0.2, 0) is 0 Å². The largest absolute Gasteiger partial charge is 0.492 e. The molecule has 0 aromatic heterocycles. The maximum atomic E-state index is 6.29. The Labute approximate surface area is 113 Å². The standard InChI is InChI=1S/C15H20ClNO/c16-12-3-5-13(6-4-12)18-9-15(17)14-8-10-1-2-11(14)7-10/h3-6,10-11,14-15H,1-2,7-9,17H2. The van der Waals surface area contributed by atoms with Gasteiger partial charge < -0.3 is 10.5 Å². The zero-order valence-electron chi connectivity index (χ0n) is 10.5. The topological polar surface area (TPSA) is 35.2 Å². The molecule has 1 aromatic rings. The van der Waals surface area contributed by atoms with Crippen LogP contribution in [0.25, 0.3) is 0 Å². The van der Waals surface area contributed by atoms with Gasteiger partial charge in [0.25, 0.3) is 0 Å². The highest BCUT2D eigenvalue weighted by molar-refractivity contribution is 6.30. The Morgan fingerprint density at radius 1 is 1.22 bits per heavy atom. The molecule has 0 amide bonds. The van der Waals surface area contributed by atoms with Crippen molar-refractivity contribution in [3.8, 4) is 5.75 Å². The van der Waals surface area contributed by atoms with Crippen molar-refractivity contribution in [2.45, 2.75) is 31.7 Å². The molecule has 2 aliphatic carbocycles. The van der Waals surface area contributed by atoms with Crippen molar-refractivity contribution >= 4 is 11.6 Å².